The molecule has 3 heterocycles. The molecule has 0 fully saturated rings. The van der Waals surface area contributed by atoms with Crippen molar-refractivity contribution in [3.63, 3.8) is 0 Å². The summed E-state index contributed by atoms with van der Waals surface area (Å²) >= 11 is 0. The summed E-state index contributed by atoms with van der Waals surface area (Å²) in [5.41, 5.74) is 32.5. The van der Waals surface area contributed by atoms with Crippen molar-refractivity contribution in [2.75, 3.05) is 9.80 Å². The summed E-state index contributed by atoms with van der Waals surface area (Å²) < 4.78 is 9.04. The lowest BCUT2D eigenvalue weighted by Crippen LogP contribution is -2.35. The van der Waals surface area contributed by atoms with Crippen LogP contribution in [0.3, 0.4) is 0 Å². The Balaban J connectivity index is 0.000000119. The lowest BCUT2D eigenvalue weighted by atomic mass is 9.64. The maximum atomic E-state index is 6.78. The second-order valence-electron chi connectivity index (χ2n) is 38.7. The maximum Gasteiger partial charge on any atom is 0.246 e. The van der Waals surface area contributed by atoms with E-state index in [1.165, 1.54) is 148 Å². The van der Waals surface area contributed by atoms with Crippen molar-refractivity contribution in [3.8, 4) is 83.8 Å². The number of benzene rings is 21. The van der Waals surface area contributed by atoms with Crippen LogP contribution < -0.4 is 20.9 Å². The molecule has 24 rings (SSSR count). The fourth-order valence-electron chi connectivity index (χ4n) is 20.1. The number of rotatable bonds is 10. The SMILES string of the molecule is CC(C)(C)c1ccc(N2c3cccc(c3)N(c3ccc(C(C)(C)C)cc3)c3c(oc4ccccc34)[B]c3cc(C(C)(C)C)ccc32)cc1.c1ccc(-c2c3ccccc3c(-c3ccc4ccccc4c3)c3cc(-c4ccc(-c5nc6ccccc6n5-c5ccccc5)cc4)ccc23)cc1.c1ccc(-c2ccc(-c3c4ccccc4c(-c4cccc5ccccc45)c4ccccc34)cc2)cc1. The lowest BCUT2D eigenvalue weighted by molar-refractivity contribution is 0.590. The van der Waals surface area contributed by atoms with Gasteiger partial charge < -0.3 is 14.2 Å². The average Bonchev–Trinajstić information content (AvgIpc) is 1.24. The smallest absolute Gasteiger partial charge is 0.246 e. The van der Waals surface area contributed by atoms with Crippen molar-refractivity contribution in [2.45, 2.75) is 78.6 Å². The zero-order valence-corrected chi connectivity index (χ0v) is 77.6. The first-order valence-electron chi connectivity index (χ1n) is 47.0. The first-order valence-corrected chi connectivity index (χ1v) is 47.0. The van der Waals surface area contributed by atoms with Crippen LogP contribution in [0.4, 0.5) is 34.1 Å². The molecular weight excluding hydrogens is 1630 g/mol. The molecular formula is C129H102BN4O. The van der Waals surface area contributed by atoms with Gasteiger partial charge in [0.05, 0.1) is 22.4 Å². The van der Waals surface area contributed by atoms with Gasteiger partial charge in [-0.3, -0.25) is 4.57 Å². The van der Waals surface area contributed by atoms with Crippen molar-refractivity contribution in [1.82, 2.24) is 9.55 Å². The third-order valence-corrected chi connectivity index (χ3v) is 27.0. The Kier molecular flexibility index (Phi) is 21.8. The molecule has 1 aliphatic heterocycles. The Morgan fingerprint density at radius 1 is 0.244 bits per heavy atom. The number of anilines is 6. The van der Waals surface area contributed by atoms with Gasteiger partial charge in [-0.1, -0.05) is 426 Å². The number of imidazole rings is 1. The van der Waals surface area contributed by atoms with E-state index in [0.717, 1.165) is 84.3 Å². The van der Waals surface area contributed by atoms with Gasteiger partial charge in [-0.15, -0.1) is 0 Å². The average molecular weight is 1740 g/mol. The fraction of sp³-hybridized carbons (Fsp3) is 0.0930. The van der Waals surface area contributed by atoms with Gasteiger partial charge in [0, 0.05) is 45.1 Å². The van der Waals surface area contributed by atoms with Crippen LogP contribution in [-0.4, -0.2) is 16.8 Å². The van der Waals surface area contributed by atoms with Crippen molar-refractivity contribution >= 4 is 139 Å². The third kappa shape index (κ3) is 16.1. The molecule has 0 amide bonds. The molecule has 0 saturated carbocycles. The highest BCUT2D eigenvalue weighted by Gasteiger charge is 2.32. The van der Waals surface area contributed by atoms with E-state index in [4.69, 9.17) is 9.40 Å². The largest absolute Gasteiger partial charge is 0.469 e. The van der Waals surface area contributed by atoms with Gasteiger partial charge in [-0.2, -0.15) is 0 Å². The highest BCUT2D eigenvalue weighted by atomic mass is 16.3. The van der Waals surface area contributed by atoms with E-state index >= 15 is 0 Å². The van der Waals surface area contributed by atoms with Crippen LogP contribution in [0.25, 0.3) is 170 Å². The standard InChI is InChI=1S/C49H32N2.C44H46BN2O.C36H24/c1-3-14-35(15-4-1)47-41-19-9-10-20-42(41)48(39-28-25-33-13-7-8-16-37(33)31-39)44-32-38(29-30-43(44)47)34-23-26-36(27-24-34)49-50-45-21-11-12-22-46(45)51(49)40-17-5-2-6-18-40;1-42(2,3)29-17-22-32(23-18-29)46-34-13-12-14-35(28-34)47(33-24-19-30(20-25-33)43(4,5)6)40-36-15-10-11-16-39(36)48-41(40)45-37-27-31(44(7,8)9)21-26-38(37)46;1-2-11-25(12-3-1)26-21-23-28(24-22-26)35-31-16-6-8-18-33(31)36(34-19-9-7-17-32(34)35)30-20-10-14-27-13-4-5-15-29(27)30/h1-32H;10-28H,1-9H3;1-24H. The molecule has 23 aromatic rings. The molecule has 2 bridgehead atoms. The van der Waals surface area contributed by atoms with Crippen LogP contribution in [0.15, 0.2) is 459 Å². The quantitative estimate of drug-likeness (QED) is 0.101. The third-order valence-electron chi connectivity index (χ3n) is 27.0. The van der Waals surface area contributed by atoms with E-state index in [-0.39, 0.29) is 16.2 Å². The first kappa shape index (κ1) is 84.4. The molecule has 0 unspecified atom stereocenters. The number of para-hydroxylation sites is 4. The predicted molar refractivity (Wildman–Crippen MR) is 577 cm³/mol. The summed E-state index contributed by atoms with van der Waals surface area (Å²) in [6.07, 6.45) is 0. The Morgan fingerprint density at radius 3 is 1.27 bits per heavy atom. The summed E-state index contributed by atoms with van der Waals surface area (Å²) in [5, 5.41) is 16.3. The summed E-state index contributed by atoms with van der Waals surface area (Å²) in [7, 11) is 2.25. The first-order chi connectivity index (χ1) is 65.9. The van der Waals surface area contributed by atoms with Gasteiger partial charge >= 0.3 is 0 Å². The molecule has 21 aromatic carbocycles. The summed E-state index contributed by atoms with van der Waals surface area (Å²) in [6, 6.07) is 165. The molecule has 5 nitrogen and oxygen atoms in total. The summed E-state index contributed by atoms with van der Waals surface area (Å²) in [6.45, 7) is 20.4. The van der Waals surface area contributed by atoms with Crippen LogP contribution in [0.5, 0.6) is 0 Å². The molecule has 0 aliphatic carbocycles. The number of fused-ring (bicyclic) bond motifs is 13. The number of furan rings is 1. The Labute approximate surface area is 791 Å². The molecule has 0 N–H and O–H groups in total. The Morgan fingerprint density at radius 2 is 0.659 bits per heavy atom. The summed E-state index contributed by atoms with van der Waals surface area (Å²) in [5.74, 6) is 0.935. The van der Waals surface area contributed by atoms with E-state index in [1.54, 1.807) is 0 Å². The molecule has 647 valence electrons. The monoisotopic (exact) mass is 1730 g/mol. The normalized spacial score (nSPS) is 12.2. The molecule has 1 aliphatic rings. The highest BCUT2D eigenvalue weighted by molar-refractivity contribution is 6.70. The number of aromatic nitrogens is 2. The molecule has 6 heteroatoms. The summed E-state index contributed by atoms with van der Waals surface area (Å²) in [4.78, 5) is 9.86. The van der Waals surface area contributed by atoms with Crippen molar-refractivity contribution in [3.05, 3.63) is 472 Å². The number of hydrogen-bond acceptors (Lipinski definition) is 4. The van der Waals surface area contributed by atoms with Gasteiger partial charge in [0.1, 0.15) is 11.4 Å². The van der Waals surface area contributed by atoms with Crippen LogP contribution in [0.1, 0.15) is 79.0 Å². The van der Waals surface area contributed by atoms with E-state index in [0.29, 0.717) is 0 Å². The van der Waals surface area contributed by atoms with E-state index in [1.807, 2.05) is 0 Å². The zero-order valence-electron chi connectivity index (χ0n) is 77.6. The van der Waals surface area contributed by atoms with Crippen LogP contribution in [0, 0.1) is 0 Å². The molecule has 0 saturated heterocycles. The Bertz CT molecular complexity index is 8340. The fourth-order valence-corrected chi connectivity index (χ4v) is 20.1. The van der Waals surface area contributed by atoms with Gasteiger partial charge in [0.15, 0.2) is 0 Å². The molecule has 0 spiro atoms. The number of nitrogens with zero attached hydrogens (tertiary/aromatic N) is 4. The zero-order chi connectivity index (χ0) is 91.6. The van der Waals surface area contributed by atoms with E-state index < -0.39 is 0 Å². The number of hydrogen-bond donors (Lipinski definition) is 0. The van der Waals surface area contributed by atoms with Crippen molar-refractivity contribution in [1.29, 1.82) is 0 Å². The molecule has 1 radical (unpaired) electrons. The minimum absolute atomic E-state index is 0.0190. The van der Waals surface area contributed by atoms with Crippen molar-refractivity contribution in [2.24, 2.45) is 0 Å². The topological polar surface area (TPSA) is 37.4 Å². The molecule has 135 heavy (non-hydrogen) atoms. The highest BCUT2D eigenvalue weighted by Crippen LogP contribution is 2.51. The van der Waals surface area contributed by atoms with E-state index in [9.17, 15) is 0 Å². The van der Waals surface area contributed by atoms with Crippen LogP contribution >= 0.6 is 0 Å². The second-order valence-corrected chi connectivity index (χ2v) is 38.7. The van der Waals surface area contributed by atoms with Crippen LogP contribution in [0.2, 0.25) is 0 Å². The molecule has 0 atom stereocenters. The van der Waals surface area contributed by atoms with Gasteiger partial charge in [-0.05, 0) is 261 Å². The minimum atomic E-state index is -0.0190. The second kappa shape index (κ2) is 34.9. The Hall–Kier alpha value is -16.1. The maximum absolute atomic E-state index is 6.78. The van der Waals surface area contributed by atoms with Gasteiger partial charge in [-0.25, -0.2) is 4.98 Å². The van der Waals surface area contributed by atoms with Gasteiger partial charge in [0.2, 0.25) is 7.28 Å². The van der Waals surface area contributed by atoms with E-state index in [2.05, 4.69) is 539 Å². The lowest BCUT2D eigenvalue weighted by Gasteiger charge is -2.33. The molecule has 2 aromatic heterocycles. The van der Waals surface area contributed by atoms with Crippen LogP contribution in [-0.2, 0) is 16.2 Å². The predicted octanol–water partition coefficient (Wildman–Crippen LogP) is 34.5. The van der Waals surface area contributed by atoms with Crippen molar-refractivity contribution < 1.29 is 4.42 Å². The minimum Gasteiger partial charge on any atom is -0.469 e. The van der Waals surface area contributed by atoms with Gasteiger partial charge in [0.25, 0.3) is 0 Å².